The van der Waals surface area contributed by atoms with Crippen molar-refractivity contribution in [2.24, 2.45) is 5.41 Å². The first kappa shape index (κ1) is 15.7. The van der Waals surface area contributed by atoms with Gasteiger partial charge in [-0.3, -0.25) is 4.79 Å². The second-order valence-electron chi connectivity index (χ2n) is 6.58. The third-order valence-corrected chi connectivity index (χ3v) is 5.91. The van der Waals surface area contributed by atoms with E-state index in [-0.39, 0.29) is 5.41 Å². The fraction of sp³-hybridized carbons (Fsp3) is 0.812. The first-order valence-electron chi connectivity index (χ1n) is 8.55. The highest BCUT2D eigenvalue weighted by atomic mass is 32.1. The van der Waals surface area contributed by atoms with Crippen LogP contribution in [0.25, 0.3) is 0 Å². The van der Waals surface area contributed by atoms with Crippen molar-refractivity contribution >= 4 is 22.4 Å². The van der Waals surface area contributed by atoms with Crippen LogP contribution in [0.2, 0.25) is 0 Å². The van der Waals surface area contributed by atoms with Crippen molar-refractivity contribution in [1.29, 1.82) is 0 Å². The van der Waals surface area contributed by atoms with Gasteiger partial charge in [-0.25, -0.2) is 0 Å². The number of hydrogen-bond donors (Lipinski definition) is 0. The molecule has 1 atom stereocenters. The number of piperidine rings is 1. The zero-order valence-electron chi connectivity index (χ0n) is 13.7. The van der Waals surface area contributed by atoms with Crippen LogP contribution in [0.3, 0.4) is 0 Å². The van der Waals surface area contributed by atoms with Gasteiger partial charge in [-0.1, -0.05) is 25.2 Å². The maximum absolute atomic E-state index is 12.9. The Kier molecular flexibility index (Phi) is 4.66. The normalized spacial score (nSPS) is 25.5. The monoisotopic (exact) mass is 322 g/mol. The van der Waals surface area contributed by atoms with Crippen LogP contribution in [0.5, 0.6) is 0 Å². The van der Waals surface area contributed by atoms with E-state index in [2.05, 4.69) is 33.8 Å². The van der Waals surface area contributed by atoms with Crippen molar-refractivity contribution in [2.75, 3.05) is 31.1 Å². The molecule has 22 heavy (non-hydrogen) atoms. The standard InChI is InChI=1S/C16H26N4OS/c1-3-6-13-17-18-15(22-13)20-11-8-16(12-20)7-5-10-19(9-4-2)14(16)21/h3-12H2,1-2H3/t16-/m0/s1. The van der Waals surface area contributed by atoms with Crippen LogP contribution in [0.15, 0.2) is 0 Å². The Bertz CT molecular complexity index is 530. The molecular weight excluding hydrogens is 296 g/mol. The summed E-state index contributed by atoms with van der Waals surface area (Å²) in [5, 5.41) is 10.7. The molecule has 2 aliphatic rings. The van der Waals surface area contributed by atoms with Gasteiger partial charge in [-0.05, 0) is 32.1 Å². The molecule has 1 amide bonds. The maximum atomic E-state index is 12.9. The Morgan fingerprint density at radius 1 is 1.18 bits per heavy atom. The zero-order valence-corrected chi connectivity index (χ0v) is 14.5. The van der Waals surface area contributed by atoms with E-state index >= 15 is 0 Å². The van der Waals surface area contributed by atoms with Gasteiger partial charge in [0, 0.05) is 32.6 Å². The molecule has 2 saturated heterocycles. The number of amides is 1. The molecule has 122 valence electrons. The van der Waals surface area contributed by atoms with E-state index in [1.54, 1.807) is 11.3 Å². The smallest absolute Gasteiger partial charge is 0.230 e. The number of likely N-dealkylation sites (tertiary alicyclic amines) is 1. The average Bonchev–Trinajstić information content (AvgIpc) is 3.13. The molecule has 1 spiro atoms. The van der Waals surface area contributed by atoms with Crippen LogP contribution >= 0.6 is 11.3 Å². The number of hydrogen-bond acceptors (Lipinski definition) is 5. The molecular formula is C16H26N4OS. The molecule has 0 unspecified atom stereocenters. The van der Waals surface area contributed by atoms with Gasteiger partial charge in [0.25, 0.3) is 0 Å². The van der Waals surface area contributed by atoms with Gasteiger partial charge in [-0.15, -0.1) is 10.2 Å². The highest BCUT2D eigenvalue weighted by Crippen LogP contribution is 2.42. The largest absolute Gasteiger partial charge is 0.346 e. The summed E-state index contributed by atoms with van der Waals surface area (Å²) in [7, 11) is 0. The number of anilines is 1. The maximum Gasteiger partial charge on any atom is 0.230 e. The van der Waals surface area contributed by atoms with Crippen molar-refractivity contribution in [1.82, 2.24) is 15.1 Å². The third kappa shape index (κ3) is 2.85. The summed E-state index contributed by atoms with van der Waals surface area (Å²) >= 11 is 1.69. The van der Waals surface area contributed by atoms with Gasteiger partial charge >= 0.3 is 0 Å². The van der Waals surface area contributed by atoms with Crippen molar-refractivity contribution in [3.8, 4) is 0 Å². The van der Waals surface area contributed by atoms with Gasteiger partial charge < -0.3 is 9.80 Å². The predicted octanol–water partition coefficient (Wildman–Crippen LogP) is 2.72. The van der Waals surface area contributed by atoms with Crippen LogP contribution in [-0.2, 0) is 11.2 Å². The summed E-state index contributed by atoms with van der Waals surface area (Å²) in [5.74, 6) is 0.376. The quantitative estimate of drug-likeness (QED) is 0.836. The number of carbonyl (C=O) groups excluding carboxylic acids is 1. The molecule has 3 rings (SSSR count). The molecule has 0 aliphatic carbocycles. The lowest BCUT2D eigenvalue weighted by Gasteiger charge is -2.39. The van der Waals surface area contributed by atoms with Crippen molar-refractivity contribution in [3.63, 3.8) is 0 Å². The Labute approximate surface area is 136 Å². The Balaban J connectivity index is 1.71. The number of aryl methyl sites for hydroxylation is 1. The fourth-order valence-electron chi connectivity index (χ4n) is 3.74. The minimum Gasteiger partial charge on any atom is -0.346 e. The molecule has 5 nitrogen and oxygen atoms in total. The first-order valence-corrected chi connectivity index (χ1v) is 9.37. The van der Waals surface area contributed by atoms with E-state index in [9.17, 15) is 4.79 Å². The summed E-state index contributed by atoms with van der Waals surface area (Å²) in [4.78, 5) is 17.3. The zero-order chi connectivity index (χ0) is 15.6. The SMILES string of the molecule is CCCc1nnc(N2CC[C@@]3(CCCN(CCC)C3=O)C2)s1. The van der Waals surface area contributed by atoms with E-state index in [1.165, 1.54) is 0 Å². The summed E-state index contributed by atoms with van der Waals surface area (Å²) < 4.78 is 0. The van der Waals surface area contributed by atoms with Crippen molar-refractivity contribution in [3.05, 3.63) is 5.01 Å². The summed E-state index contributed by atoms with van der Waals surface area (Å²) in [6.45, 7) is 7.91. The third-order valence-electron chi connectivity index (χ3n) is 4.86. The lowest BCUT2D eigenvalue weighted by atomic mass is 9.78. The topological polar surface area (TPSA) is 49.3 Å². The van der Waals surface area contributed by atoms with E-state index < -0.39 is 0 Å². The van der Waals surface area contributed by atoms with Crippen LogP contribution < -0.4 is 4.90 Å². The number of carbonyl (C=O) groups is 1. The van der Waals surface area contributed by atoms with Crippen LogP contribution in [-0.4, -0.2) is 47.2 Å². The fourth-order valence-corrected chi connectivity index (χ4v) is 4.70. The molecule has 0 radical (unpaired) electrons. The number of rotatable bonds is 5. The van der Waals surface area contributed by atoms with Gasteiger partial charge in [0.2, 0.25) is 11.0 Å². The second-order valence-corrected chi connectivity index (χ2v) is 7.62. The Morgan fingerprint density at radius 3 is 2.82 bits per heavy atom. The summed E-state index contributed by atoms with van der Waals surface area (Å²) in [6, 6.07) is 0. The molecule has 0 aromatic carbocycles. The molecule has 0 bridgehead atoms. The molecule has 1 aromatic heterocycles. The van der Waals surface area contributed by atoms with E-state index in [1.807, 2.05) is 0 Å². The van der Waals surface area contributed by atoms with Crippen LogP contribution in [0.4, 0.5) is 5.13 Å². The highest BCUT2D eigenvalue weighted by molar-refractivity contribution is 7.15. The van der Waals surface area contributed by atoms with E-state index in [0.717, 1.165) is 74.8 Å². The highest BCUT2D eigenvalue weighted by Gasteiger charge is 2.48. The van der Waals surface area contributed by atoms with Crippen molar-refractivity contribution < 1.29 is 4.79 Å². The molecule has 6 heteroatoms. The Morgan fingerprint density at radius 2 is 2.05 bits per heavy atom. The molecule has 2 aliphatic heterocycles. The second kappa shape index (κ2) is 6.52. The molecule has 1 aromatic rings. The van der Waals surface area contributed by atoms with E-state index in [0.29, 0.717) is 5.91 Å². The summed E-state index contributed by atoms with van der Waals surface area (Å²) in [5.41, 5.74) is -0.163. The van der Waals surface area contributed by atoms with Crippen LogP contribution in [0, 0.1) is 5.41 Å². The predicted molar refractivity (Wildman–Crippen MR) is 89.3 cm³/mol. The molecule has 0 N–H and O–H groups in total. The van der Waals surface area contributed by atoms with Gasteiger partial charge in [-0.2, -0.15) is 0 Å². The van der Waals surface area contributed by atoms with Gasteiger partial charge in [0.05, 0.1) is 5.41 Å². The van der Waals surface area contributed by atoms with Gasteiger partial charge in [0.1, 0.15) is 5.01 Å². The first-order chi connectivity index (χ1) is 10.7. The summed E-state index contributed by atoms with van der Waals surface area (Å²) in [6.07, 6.45) is 6.28. The van der Waals surface area contributed by atoms with E-state index in [4.69, 9.17) is 0 Å². The minimum atomic E-state index is -0.163. The van der Waals surface area contributed by atoms with Crippen LogP contribution in [0.1, 0.15) is 51.0 Å². The molecule has 2 fully saturated rings. The van der Waals surface area contributed by atoms with Gasteiger partial charge in [0.15, 0.2) is 0 Å². The average molecular weight is 322 g/mol. The molecule has 0 saturated carbocycles. The molecule has 3 heterocycles. The van der Waals surface area contributed by atoms with Crippen molar-refractivity contribution in [2.45, 2.75) is 52.4 Å². The Hall–Kier alpha value is -1.17. The lowest BCUT2D eigenvalue weighted by molar-refractivity contribution is -0.145. The number of nitrogens with zero attached hydrogens (tertiary/aromatic N) is 4. The minimum absolute atomic E-state index is 0.163. The lowest BCUT2D eigenvalue weighted by Crippen LogP contribution is -2.50. The number of aromatic nitrogens is 2.